The van der Waals surface area contributed by atoms with Crippen LogP contribution in [-0.2, 0) is 9.59 Å². The monoisotopic (exact) mass is 369 g/mol. The number of aryl methyl sites for hydroxylation is 1. The van der Waals surface area contributed by atoms with Crippen LogP contribution in [0, 0.1) is 18.8 Å². The normalized spacial score (nSPS) is 21.1. The second kappa shape index (κ2) is 8.34. The number of aliphatic imine (C=N–C) groups is 1. The van der Waals surface area contributed by atoms with Crippen molar-refractivity contribution in [1.29, 1.82) is 0 Å². The van der Waals surface area contributed by atoms with Crippen molar-refractivity contribution in [2.45, 2.75) is 65.5 Å². The van der Waals surface area contributed by atoms with E-state index in [1.54, 1.807) is 4.90 Å². The molecule has 0 aromatic heterocycles. The molecule has 2 aliphatic rings. The number of hydrogen-bond acceptors (Lipinski definition) is 4. The molecule has 1 aromatic carbocycles. The third-order valence-corrected chi connectivity index (χ3v) is 5.61. The number of rotatable bonds is 5. The molecule has 1 aromatic rings. The highest BCUT2D eigenvalue weighted by Crippen LogP contribution is 2.32. The van der Waals surface area contributed by atoms with Crippen molar-refractivity contribution < 1.29 is 9.59 Å². The van der Waals surface area contributed by atoms with E-state index in [0.29, 0.717) is 5.92 Å². The van der Waals surface area contributed by atoms with E-state index in [1.807, 2.05) is 25.1 Å². The lowest BCUT2D eigenvalue weighted by Crippen LogP contribution is -2.46. The Balaban J connectivity index is 1.98. The zero-order valence-electron chi connectivity index (χ0n) is 16.7. The van der Waals surface area contributed by atoms with Gasteiger partial charge in [-0.05, 0) is 37.7 Å². The van der Waals surface area contributed by atoms with Crippen LogP contribution in [-0.4, -0.2) is 30.1 Å². The first-order chi connectivity index (χ1) is 12.9. The number of fused-ring (bicyclic) bond motifs is 1. The summed E-state index contributed by atoms with van der Waals surface area (Å²) >= 11 is 0. The van der Waals surface area contributed by atoms with Crippen LogP contribution in [0.3, 0.4) is 0 Å². The molecule has 1 aliphatic carbocycles. The molecule has 1 atom stereocenters. The Labute approximate surface area is 162 Å². The molecular formula is C22H31N3O2. The molecule has 27 heavy (non-hydrogen) atoms. The van der Waals surface area contributed by atoms with Crippen LogP contribution >= 0.6 is 0 Å². The third-order valence-electron chi connectivity index (χ3n) is 5.61. The summed E-state index contributed by atoms with van der Waals surface area (Å²) in [7, 11) is 0. The molecule has 1 amide bonds. The number of nitrogens with zero attached hydrogens (tertiary/aromatic N) is 2. The topological polar surface area (TPSA) is 75.8 Å². The lowest BCUT2D eigenvalue weighted by Gasteiger charge is -2.28. The summed E-state index contributed by atoms with van der Waals surface area (Å²) in [5.41, 5.74) is 9.70. The smallest absolute Gasteiger partial charge is 0.266 e. The van der Waals surface area contributed by atoms with Crippen molar-refractivity contribution in [1.82, 2.24) is 0 Å². The van der Waals surface area contributed by atoms with Crippen molar-refractivity contribution in [3.8, 4) is 0 Å². The predicted octanol–water partition coefficient (Wildman–Crippen LogP) is 3.61. The molecular weight excluding hydrogens is 338 g/mol. The largest absolute Gasteiger partial charge is 0.302 e. The SMILES string of the molecule is Cc1cccc2c1N(CC(=O)C1CCCCC1)C(=O)[C@@H](N)N=C2CC(C)C. The van der Waals surface area contributed by atoms with Crippen LogP contribution in [0.1, 0.15) is 63.5 Å². The maximum Gasteiger partial charge on any atom is 0.266 e. The standard InChI is InChI=1S/C22H31N3O2/c1-14(2)12-18-17-11-7-8-15(3)20(17)25(22(27)21(23)24-18)13-19(26)16-9-5-4-6-10-16/h7-8,11,14,16,21H,4-6,9-10,12-13,23H2,1-3H3/t21-/m0/s1. The Bertz CT molecular complexity index is 748. The van der Waals surface area contributed by atoms with Gasteiger partial charge in [-0.2, -0.15) is 0 Å². The van der Waals surface area contributed by atoms with Crippen LogP contribution in [0.15, 0.2) is 23.2 Å². The maximum atomic E-state index is 13.1. The average molecular weight is 370 g/mol. The van der Waals surface area contributed by atoms with Gasteiger partial charge in [-0.25, -0.2) is 0 Å². The number of hydrogen-bond donors (Lipinski definition) is 1. The quantitative estimate of drug-likeness (QED) is 0.861. The summed E-state index contributed by atoms with van der Waals surface area (Å²) in [4.78, 5) is 32.1. The molecule has 0 spiro atoms. The highest BCUT2D eigenvalue weighted by molar-refractivity contribution is 6.14. The maximum absolute atomic E-state index is 13.1. The molecule has 146 valence electrons. The molecule has 1 aliphatic heterocycles. The van der Waals surface area contributed by atoms with Gasteiger partial charge in [-0.3, -0.25) is 14.6 Å². The first-order valence-corrected chi connectivity index (χ1v) is 10.1. The molecule has 0 radical (unpaired) electrons. The second-order valence-electron chi connectivity index (χ2n) is 8.32. The average Bonchev–Trinajstić information content (AvgIpc) is 2.73. The van der Waals surface area contributed by atoms with Gasteiger partial charge in [0.2, 0.25) is 0 Å². The number of amides is 1. The van der Waals surface area contributed by atoms with E-state index < -0.39 is 6.17 Å². The summed E-state index contributed by atoms with van der Waals surface area (Å²) in [5, 5.41) is 0. The van der Waals surface area contributed by atoms with Gasteiger partial charge in [0.25, 0.3) is 5.91 Å². The molecule has 1 fully saturated rings. The van der Waals surface area contributed by atoms with Crippen LogP contribution < -0.4 is 10.6 Å². The minimum absolute atomic E-state index is 0.0644. The number of ketones is 1. The Kier molecular flexibility index (Phi) is 6.10. The summed E-state index contributed by atoms with van der Waals surface area (Å²) in [5.74, 6) is 0.328. The third kappa shape index (κ3) is 4.29. The Hall–Kier alpha value is -2.01. The van der Waals surface area contributed by atoms with Gasteiger partial charge in [0.15, 0.2) is 11.9 Å². The van der Waals surface area contributed by atoms with Crippen LogP contribution in [0.25, 0.3) is 0 Å². The number of anilines is 1. The number of carbonyl (C=O) groups is 2. The van der Waals surface area contributed by atoms with Gasteiger partial charge in [-0.1, -0.05) is 51.3 Å². The Morgan fingerprint density at radius 1 is 1.26 bits per heavy atom. The number of Topliss-reactive ketones (excluding diaryl/α,β-unsaturated/α-hetero) is 1. The molecule has 5 nitrogen and oxygen atoms in total. The molecule has 2 N–H and O–H groups in total. The number of para-hydroxylation sites is 1. The van der Waals surface area contributed by atoms with Crippen molar-refractivity contribution in [3.05, 3.63) is 29.3 Å². The van der Waals surface area contributed by atoms with E-state index in [-0.39, 0.29) is 24.2 Å². The van der Waals surface area contributed by atoms with Gasteiger partial charge in [-0.15, -0.1) is 0 Å². The molecule has 1 heterocycles. The van der Waals surface area contributed by atoms with Gasteiger partial charge >= 0.3 is 0 Å². The molecule has 3 rings (SSSR count). The lowest BCUT2D eigenvalue weighted by atomic mass is 9.86. The van der Waals surface area contributed by atoms with Gasteiger partial charge in [0.05, 0.1) is 12.2 Å². The fourth-order valence-electron chi connectivity index (χ4n) is 4.23. The fraction of sp³-hybridized carbons (Fsp3) is 0.591. The number of carbonyl (C=O) groups excluding carboxylic acids is 2. The highest BCUT2D eigenvalue weighted by Gasteiger charge is 2.33. The lowest BCUT2D eigenvalue weighted by molar-refractivity contribution is -0.125. The van der Waals surface area contributed by atoms with E-state index in [4.69, 9.17) is 5.73 Å². The summed E-state index contributed by atoms with van der Waals surface area (Å²) in [6, 6.07) is 5.95. The van der Waals surface area contributed by atoms with Gasteiger partial charge < -0.3 is 10.6 Å². The highest BCUT2D eigenvalue weighted by atomic mass is 16.2. The zero-order valence-corrected chi connectivity index (χ0v) is 16.7. The molecule has 0 unspecified atom stereocenters. The summed E-state index contributed by atoms with van der Waals surface area (Å²) in [6.07, 6.45) is 5.06. The van der Waals surface area contributed by atoms with Crippen molar-refractivity contribution >= 4 is 23.1 Å². The molecule has 1 saturated carbocycles. The van der Waals surface area contributed by atoms with E-state index in [1.165, 1.54) is 6.42 Å². The van der Waals surface area contributed by atoms with Crippen LogP contribution in [0.5, 0.6) is 0 Å². The number of nitrogens with two attached hydrogens (primary N) is 1. The zero-order chi connectivity index (χ0) is 19.6. The molecule has 5 heteroatoms. The van der Waals surface area contributed by atoms with E-state index in [2.05, 4.69) is 18.8 Å². The van der Waals surface area contributed by atoms with E-state index in [0.717, 1.165) is 54.6 Å². The van der Waals surface area contributed by atoms with E-state index >= 15 is 0 Å². The van der Waals surface area contributed by atoms with Crippen molar-refractivity contribution in [2.24, 2.45) is 22.6 Å². The fourth-order valence-corrected chi connectivity index (χ4v) is 4.23. The molecule has 0 saturated heterocycles. The first-order valence-electron chi connectivity index (χ1n) is 10.1. The predicted molar refractivity (Wildman–Crippen MR) is 109 cm³/mol. The van der Waals surface area contributed by atoms with Crippen LogP contribution in [0.4, 0.5) is 5.69 Å². The Morgan fingerprint density at radius 3 is 2.63 bits per heavy atom. The number of benzodiazepines with no additional fused rings is 1. The molecule has 0 bridgehead atoms. The van der Waals surface area contributed by atoms with Crippen LogP contribution in [0.2, 0.25) is 0 Å². The van der Waals surface area contributed by atoms with Gasteiger partial charge in [0, 0.05) is 17.2 Å². The van der Waals surface area contributed by atoms with Gasteiger partial charge in [0.1, 0.15) is 0 Å². The summed E-state index contributed by atoms with van der Waals surface area (Å²) < 4.78 is 0. The van der Waals surface area contributed by atoms with Crippen molar-refractivity contribution in [3.63, 3.8) is 0 Å². The number of benzene rings is 1. The Morgan fingerprint density at radius 2 is 1.96 bits per heavy atom. The second-order valence-corrected chi connectivity index (χ2v) is 8.32. The van der Waals surface area contributed by atoms with Crippen molar-refractivity contribution in [2.75, 3.05) is 11.4 Å². The van der Waals surface area contributed by atoms with E-state index in [9.17, 15) is 9.59 Å². The minimum Gasteiger partial charge on any atom is -0.302 e. The minimum atomic E-state index is -0.954. The summed E-state index contributed by atoms with van der Waals surface area (Å²) in [6.45, 7) is 6.33. The first kappa shape index (κ1) is 19.7.